The van der Waals surface area contributed by atoms with Gasteiger partial charge in [0.2, 0.25) is 0 Å². The molecule has 1 N–H and O–H groups in total. The van der Waals surface area contributed by atoms with Gasteiger partial charge in [-0.15, -0.1) is 0 Å². The number of rotatable bonds is 1. The Morgan fingerprint density at radius 3 is 2.39 bits per heavy atom. The average Bonchev–Trinajstić information content (AvgIpc) is 2.32. The second-order valence-electron chi connectivity index (χ2n) is 4.44. The molecule has 0 spiro atoms. The van der Waals surface area contributed by atoms with Crippen LogP contribution >= 0.6 is 0 Å². The molecular formula is C12H14F3NOS. The number of benzene rings is 1. The van der Waals surface area contributed by atoms with E-state index in [1.165, 1.54) is 12.1 Å². The summed E-state index contributed by atoms with van der Waals surface area (Å²) in [6.45, 7) is 2.52. The molecule has 0 saturated carbocycles. The van der Waals surface area contributed by atoms with E-state index in [-0.39, 0.29) is 11.3 Å². The zero-order chi connectivity index (χ0) is 13.3. The van der Waals surface area contributed by atoms with Gasteiger partial charge in [0.1, 0.15) is 0 Å². The minimum Gasteiger partial charge on any atom is -0.308 e. The van der Waals surface area contributed by atoms with Gasteiger partial charge in [-0.1, -0.05) is 12.1 Å². The van der Waals surface area contributed by atoms with E-state index in [0.717, 1.165) is 17.7 Å². The van der Waals surface area contributed by atoms with Crippen molar-refractivity contribution >= 4 is 10.8 Å². The van der Waals surface area contributed by atoms with Crippen molar-refractivity contribution in [2.45, 2.75) is 24.4 Å². The lowest BCUT2D eigenvalue weighted by Gasteiger charge is -2.27. The lowest BCUT2D eigenvalue weighted by Crippen LogP contribution is -2.41. The van der Waals surface area contributed by atoms with Gasteiger partial charge in [-0.05, 0) is 24.6 Å². The topological polar surface area (TPSA) is 29.1 Å². The van der Waals surface area contributed by atoms with E-state index in [0.29, 0.717) is 12.3 Å². The zero-order valence-electron chi connectivity index (χ0n) is 9.83. The molecule has 1 fully saturated rings. The van der Waals surface area contributed by atoms with E-state index in [2.05, 4.69) is 5.32 Å². The Kier molecular flexibility index (Phi) is 3.77. The first kappa shape index (κ1) is 13.5. The third kappa shape index (κ3) is 2.92. The number of hydrogen-bond donors (Lipinski definition) is 1. The molecule has 0 amide bonds. The minimum absolute atomic E-state index is 0.0932. The first-order valence-electron chi connectivity index (χ1n) is 5.65. The maximum absolute atomic E-state index is 12.4. The van der Waals surface area contributed by atoms with Gasteiger partial charge in [0.05, 0.1) is 5.56 Å². The summed E-state index contributed by atoms with van der Waals surface area (Å²) in [5.41, 5.74) is 0.0970. The van der Waals surface area contributed by atoms with Crippen molar-refractivity contribution in [3.63, 3.8) is 0 Å². The predicted octanol–water partition coefficient (Wildman–Crippen LogP) is 2.49. The zero-order valence-corrected chi connectivity index (χ0v) is 10.6. The average molecular weight is 277 g/mol. The van der Waals surface area contributed by atoms with E-state index in [9.17, 15) is 17.4 Å². The monoisotopic (exact) mass is 277 g/mol. The molecule has 1 aliphatic heterocycles. The molecule has 1 saturated heterocycles. The SMILES string of the molecule is CC1CNC(c2ccc(C(F)(F)F)cc2)CS1=O. The van der Waals surface area contributed by atoms with Gasteiger partial charge in [-0.25, -0.2) is 0 Å². The molecule has 6 heteroatoms. The van der Waals surface area contributed by atoms with Gasteiger partial charge >= 0.3 is 6.18 Å². The molecule has 1 aromatic carbocycles. The van der Waals surface area contributed by atoms with Crippen molar-refractivity contribution in [1.29, 1.82) is 0 Å². The highest BCUT2D eigenvalue weighted by Crippen LogP contribution is 2.30. The summed E-state index contributed by atoms with van der Waals surface area (Å²) >= 11 is 0. The smallest absolute Gasteiger partial charge is 0.308 e. The summed E-state index contributed by atoms with van der Waals surface area (Å²) < 4.78 is 48.9. The van der Waals surface area contributed by atoms with Crippen LogP contribution in [-0.4, -0.2) is 21.8 Å². The molecular weight excluding hydrogens is 263 g/mol. The van der Waals surface area contributed by atoms with Gasteiger partial charge in [0.15, 0.2) is 0 Å². The van der Waals surface area contributed by atoms with Crippen molar-refractivity contribution in [2.75, 3.05) is 12.3 Å². The molecule has 1 aliphatic rings. The van der Waals surface area contributed by atoms with E-state index in [4.69, 9.17) is 0 Å². The van der Waals surface area contributed by atoms with Crippen molar-refractivity contribution in [3.05, 3.63) is 35.4 Å². The van der Waals surface area contributed by atoms with Crippen LogP contribution in [0.15, 0.2) is 24.3 Å². The fourth-order valence-corrected chi connectivity index (χ4v) is 3.16. The van der Waals surface area contributed by atoms with E-state index >= 15 is 0 Å². The van der Waals surface area contributed by atoms with Crippen LogP contribution in [0.4, 0.5) is 13.2 Å². The van der Waals surface area contributed by atoms with Gasteiger partial charge in [-0.2, -0.15) is 13.2 Å². The quantitative estimate of drug-likeness (QED) is 0.854. The van der Waals surface area contributed by atoms with Crippen LogP contribution < -0.4 is 5.32 Å². The highest BCUT2D eigenvalue weighted by atomic mass is 32.2. The summed E-state index contributed by atoms with van der Waals surface area (Å²) in [5.74, 6) is 0.451. The molecule has 18 heavy (non-hydrogen) atoms. The normalized spacial score (nSPS) is 29.2. The van der Waals surface area contributed by atoms with Crippen LogP contribution in [-0.2, 0) is 17.0 Å². The minimum atomic E-state index is -4.31. The lowest BCUT2D eigenvalue weighted by atomic mass is 10.1. The summed E-state index contributed by atoms with van der Waals surface area (Å²) in [4.78, 5) is 0. The van der Waals surface area contributed by atoms with E-state index < -0.39 is 22.5 Å². The van der Waals surface area contributed by atoms with Gasteiger partial charge in [0, 0.05) is 34.4 Å². The predicted molar refractivity (Wildman–Crippen MR) is 64.7 cm³/mol. The van der Waals surface area contributed by atoms with Gasteiger partial charge in [0.25, 0.3) is 0 Å². The molecule has 1 heterocycles. The molecule has 100 valence electrons. The third-order valence-corrected chi connectivity index (χ3v) is 4.80. The van der Waals surface area contributed by atoms with E-state index in [1.54, 1.807) is 0 Å². The second kappa shape index (κ2) is 5.01. The molecule has 2 nitrogen and oxygen atoms in total. The molecule has 2 rings (SSSR count). The Bertz CT molecular complexity index is 444. The molecule has 3 atom stereocenters. The molecule has 1 aromatic rings. The lowest BCUT2D eigenvalue weighted by molar-refractivity contribution is -0.137. The van der Waals surface area contributed by atoms with Crippen LogP contribution in [0, 0.1) is 0 Å². The first-order valence-corrected chi connectivity index (χ1v) is 7.04. The summed E-state index contributed by atoms with van der Waals surface area (Å²) in [6, 6.07) is 4.92. The standard InChI is InChI=1S/C12H14F3NOS/c1-8-6-16-11(7-18(8)17)9-2-4-10(5-3-9)12(13,14)15/h2-5,8,11,16H,6-7H2,1H3. The Labute approximate surface area is 106 Å². The summed E-state index contributed by atoms with van der Waals surface area (Å²) in [7, 11) is -0.923. The Morgan fingerprint density at radius 1 is 1.28 bits per heavy atom. The Hall–Kier alpha value is -0.880. The van der Waals surface area contributed by atoms with Crippen LogP contribution in [0.2, 0.25) is 0 Å². The number of hydrogen-bond acceptors (Lipinski definition) is 2. The number of nitrogens with one attached hydrogen (secondary N) is 1. The highest BCUT2D eigenvalue weighted by molar-refractivity contribution is 7.85. The van der Waals surface area contributed by atoms with Crippen molar-refractivity contribution < 1.29 is 17.4 Å². The van der Waals surface area contributed by atoms with Crippen LogP contribution in [0.25, 0.3) is 0 Å². The van der Waals surface area contributed by atoms with Gasteiger partial charge in [-0.3, -0.25) is 4.21 Å². The maximum Gasteiger partial charge on any atom is 0.416 e. The van der Waals surface area contributed by atoms with Crippen LogP contribution in [0.1, 0.15) is 24.1 Å². The maximum atomic E-state index is 12.4. The molecule has 0 bridgehead atoms. The Balaban J connectivity index is 2.13. The fraction of sp³-hybridized carbons (Fsp3) is 0.500. The second-order valence-corrected chi connectivity index (χ2v) is 6.34. The fourth-order valence-electron chi connectivity index (χ4n) is 1.91. The molecule has 0 aromatic heterocycles. The number of halogens is 3. The summed E-state index contributed by atoms with van der Waals surface area (Å²) in [6.07, 6.45) is -4.31. The Morgan fingerprint density at radius 2 is 1.89 bits per heavy atom. The van der Waals surface area contributed by atoms with Crippen LogP contribution in [0.5, 0.6) is 0 Å². The molecule has 0 aliphatic carbocycles. The first-order chi connectivity index (χ1) is 8.38. The summed E-state index contributed by atoms with van der Waals surface area (Å²) in [5, 5.41) is 3.29. The largest absolute Gasteiger partial charge is 0.416 e. The number of alkyl halides is 3. The third-order valence-electron chi connectivity index (χ3n) is 3.07. The highest BCUT2D eigenvalue weighted by Gasteiger charge is 2.31. The van der Waals surface area contributed by atoms with Crippen molar-refractivity contribution in [3.8, 4) is 0 Å². The van der Waals surface area contributed by atoms with Crippen molar-refractivity contribution in [1.82, 2.24) is 5.32 Å². The van der Waals surface area contributed by atoms with Gasteiger partial charge < -0.3 is 5.32 Å². The van der Waals surface area contributed by atoms with E-state index in [1.807, 2.05) is 6.92 Å². The molecule has 0 radical (unpaired) electrons. The van der Waals surface area contributed by atoms with Crippen LogP contribution in [0.3, 0.4) is 0 Å². The van der Waals surface area contributed by atoms with Crippen molar-refractivity contribution in [2.24, 2.45) is 0 Å². The molecule has 3 unspecified atom stereocenters.